The van der Waals surface area contributed by atoms with E-state index in [1.54, 1.807) is 0 Å². The molecule has 0 fully saturated rings. The molecule has 0 aliphatic heterocycles. The molecule has 0 bridgehead atoms. The Labute approximate surface area is 137 Å². The topological polar surface area (TPSA) is 91.2 Å². The first-order chi connectivity index (χ1) is 11.1. The van der Waals surface area contributed by atoms with E-state index < -0.39 is 12.9 Å². The zero-order chi connectivity index (χ0) is 16.7. The summed E-state index contributed by atoms with van der Waals surface area (Å²) in [6.07, 6.45) is 1.36. The molecule has 118 valence electrons. The Bertz CT molecular complexity index is 711. The van der Waals surface area contributed by atoms with Crippen LogP contribution < -0.4 is 11.2 Å². The summed E-state index contributed by atoms with van der Waals surface area (Å²) < 4.78 is 13.3. The van der Waals surface area contributed by atoms with Gasteiger partial charge >= 0.3 is 7.12 Å². The van der Waals surface area contributed by atoms with E-state index in [0.717, 1.165) is 11.6 Å². The molecule has 23 heavy (non-hydrogen) atoms. The van der Waals surface area contributed by atoms with Gasteiger partial charge < -0.3 is 15.8 Å². The molecule has 0 aromatic heterocycles. The van der Waals surface area contributed by atoms with Gasteiger partial charge in [-0.25, -0.2) is 4.39 Å². The Kier molecular flexibility index (Phi) is 6.34. The second kappa shape index (κ2) is 8.47. The van der Waals surface area contributed by atoms with E-state index in [-0.39, 0.29) is 5.46 Å². The number of nitrogens with zero attached hydrogens (tertiary/aromatic N) is 2. The molecule has 0 heterocycles. The number of rotatable bonds is 5. The monoisotopic (exact) mass is 331 g/mol. The molecule has 0 amide bonds. The van der Waals surface area contributed by atoms with E-state index in [1.165, 1.54) is 30.1 Å². The molecule has 0 aliphatic carbocycles. The summed E-state index contributed by atoms with van der Waals surface area (Å²) in [4.78, 5) is 0. The number of hydrogen-bond acceptors (Lipinski definition) is 5. The van der Waals surface area contributed by atoms with E-state index >= 15 is 0 Å². The first kappa shape index (κ1) is 17.2. The summed E-state index contributed by atoms with van der Waals surface area (Å²) in [6.45, 7) is 0. The smallest absolute Gasteiger partial charge is 0.423 e. The van der Waals surface area contributed by atoms with Crippen LogP contribution in [0.25, 0.3) is 0 Å². The first-order valence-electron chi connectivity index (χ1n) is 6.75. The average molecular weight is 331 g/mol. The molecule has 2 aromatic carbocycles. The quantitative estimate of drug-likeness (QED) is 0.331. The highest BCUT2D eigenvalue weighted by Gasteiger charge is 2.16. The lowest BCUT2D eigenvalue weighted by Crippen LogP contribution is -2.33. The van der Waals surface area contributed by atoms with Gasteiger partial charge in [0.15, 0.2) is 5.17 Å². The third-order valence-corrected chi connectivity index (χ3v) is 3.75. The Balaban J connectivity index is 1.96. The third kappa shape index (κ3) is 5.52. The van der Waals surface area contributed by atoms with Crippen molar-refractivity contribution in [1.82, 2.24) is 0 Å². The lowest BCUT2D eigenvalue weighted by molar-refractivity contribution is 0.423. The van der Waals surface area contributed by atoms with Crippen LogP contribution in [0.5, 0.6) is 0 Å². The lowest BCUT2D eigenvalue weighted by atomic mass is 9.79. The molecule has 0 saturated carbocycles. The van der Waals surface area contributed by atoms with Crippen LogP contribution in [-0.4, -0.2) is 28.5 Å². The van der Waals surface area contributed by atoms with Gasteiger partial charge in [-0.05, 0) is 17.2 Å². The predicted octanol–water partition coefficient (Wildman–Crippen LogP) is 1.09. The molecule has 4 N–H and O–H groups in total. The minimum absolute atomic E-state index is 0.218. The van der Waals surface area contributed by atoms with Crippen LogP contribution in [0.1, 0.15) is 11.1 Å². The van der Waals surface area contributed by atoms with Gasteiger partial charge in [-0.2, -0.15) is 5.10 Å². The zero-order valence-corrected chi connectivity index (χ0v) is 12.9. The Morgan fingerprint density at radius 3 is 2.65 bits per heavy atom. The number of halogens is 1. The van der Waals surface area contributed by atoms with Gasteiger partial charge in [-0.3, -0.25) is 0 Å². The van der Waals surface area contributed by atoms with Gasteiger partial charge in [0, 0.05) is 11.2 Å². The average Bonchev–Trinajstić information content (AvgIpc) is 2.55. The third-order valence-electron chi connectivity index (χ3n) is 2.89. The van der Waals surface area contributed by atoms with Crippen LogP contribution >= 0.6 is 11.8 Å². The second-order valence-corrected chi connectivity index (χ2v) is 5.61. The van der Waals surface area contributed by atoms with Crippen LogP contribution in [0.3, 0.4) is 0 Å². The van der Waals surface area contributed by atoms with Gasteiger partial charge in [0.25, 0.3) is 0 Å². The summed E-state index contributed by atoms with van der Waals surface area (Å²) in [5.74, 6) is -0.0121. The summed E-state index contributed by atoms with van der Waals surface area (Å²) >= 11 is 1.35. The van der Waals surface area contributed by atoms with E-state index in [2.05, 4.69) is 10.2 Å². The molecule has 8 heteroatoms. The normalized spacial score (nSPS) is 11.9. The van der Waals surface area contributed by atoms with Gasteiger partial charge in [0.2, 0.25) is 0 Å². The van der Waals surface area contributed by atoms with Crippen molar-refractivity contribution in [3.05, 3.63) is 65.5 Å². The van der Waals surface area contributed by atoms with Crippen LogP contribution in [0.4, 0.5) is 4.39 Å². The molecule has 2 rings (SSSR count). The molecule has 0 radical (unpaired) electrons. The fourth-order valence-corrected chi connectivity index (χ4v) is 2.37. The number of amidine groups is 1. The summed E-state index contributed by atoms with van der Waals surface area (Å²) in [6, 6.07) is 13.7. The van der Waals surface area contributed by atoms with Crippen LogP contribution in [0, 0.1) is 5.82 Å². The maximum atomic E-state index is 13.3. The van der Waals surface area contributed by atoms with Crippen molar-refractivity contribution >= 4 is 35.7 Å². The standard InChI is InChI=1S/C15H15BFN3O2S/c17-14-7-6-12(8-13(14)16(21)22)9-19-20-15(18)23-10-11-4-2-1-3-5-11/h1-9,21-22H,10H2,(H2,18,20). The highest BCUT2D eigenvalue weighted by molar-refractivity contribution is 8.13. The maximum absolute atomic E-state index is 13.3. The van der Waals surface area contributed by atoms with Gasteiger partial charge in [0.05, 0.1) is 6.21 Å². The summed E-state index contributed by atoms with van der Waals surface area (Å²) in [5.41, 5.74) is 7.14. The highest BCUT2D eigenvalue weighted by Crippen LogP contribution is 2.11. The molecule has 0 atom stereocenters. The number of nitrogens with two attached hydrogens (primary N) is 1. The molecular weight excluding hydrogens is 316 g/mol. The van der Waals surface area contributed by atoms with E-state index in [9.17, 15) is 4.39 Å². The summed E-state index contributed by atoms with van der Waals surface area (Å²) in [7, 11) is -1.88. The van der Waals surface area contributed by atoms with Crippen molar-refractivity contribution in [3.8, 4) is 0 Å². The number of benzene rings is 2. The van der Waals surface area contributed by atoms with E-state index in [1.807, 2.05) is 30.3 Å². The van der Waals surface area contributed by atoms with Crippen molar-refractivity contribution < 1.29 is 14.4 Å². The van der Waals surface area contributed by atoms with Crippen LogP contribution in [-0.2, 0) is 5.75 Å². The molecule has 0 unspecified atom stereocenters. The van der Waals surface area contributed by atoms with Gasteiger partial charge in [-0.15, -0.1) is 5.10 Å². The van der Waals surface area contributed by atoms with Crippen LogP contribution in [0.2, 0.25) is 0 Å². The van der Waals surface area contributed by atoms with Crippen LogP contribution in [0.15, 0.2) is 58.7 Å². The number of hydrogen-bond donors (Lipinski definition) is 3. The molecule has 0 saturated heterocycles. The van der Waals surface area contributed by atoms with Gasteiger partial charge in [-0.1, -0.05) is 54.2 Å². The minimum atomic E-state index is -1.88. The van der Waals surface area contributed by atoms with Crippen molar-refractivity contribution in [3.63, 3.8) is 0 Å². The minimum Gasteiger partial charge on any atom is -0.423 e. The summed E-state index contributed by atoms with van der Waals surface area (Å²) in [5, 5.41) is 26.0. The van der Waals surface area contributed by atoms with Crippen molar-refractivity contribution in [2.75, 3.05) is 0 Å². The van der Waals surface area contributed by atoms with E-state index in [0.29, 0.717) is 16.5 Å². The van der Waals surface area contributed by atoms with Gasteiger partial charge in [0.1, 0.15) is 5.82 Å². The zero-order valence-electron chi connectivity index (χ0n) is 12.1. The van der Waals surface area contributed by atoms with Crippen molar-refractivity contribution in [1.29, 1.82) is 0 Å². The number of thioether (sulfide) groups is 1. The molecular formula is C15H15BFN3O2S. The maximum Gasteiger partial charge on any atom is 0.491 e. The molecule has 0 spiro atoms. The molecule has 0 aliphatic rings. The Morgan fingerprint density at radius 1 is 1.22 bits per heavy atom. The molecule has 5 nitrogen and oxygen atoms in total. The largest absolute Gasteiger partial charge is 0.491 e. The van der Waals surface area contributed by atoms with Crippen molar-refractivity contribution in [2.24, 2.45) is 15.9 Å². The predicted molar refractivity (Wildman–Crippen MR) is 93.2 cm³/mol. The Morgan fingerprint density at radius 2 is 1.96 bits per heavy atom. The molecule has 2 aromatic rings. The fraction of sp³-hybridized carbons (Fsp3) is 0.0667. The highest BCUT2D eigenvalue weighted by atomic mass is 32.2. The van der Waals surface area contributed by atoms with Crippen molar-refractivity contribution in [2.45, 2.75) is 5.75 Å². The second-order valence-electron chi connectivity index (χ2n) is 4.61. The fourth-order valence-electron chi connectivity index (χ4n) is 1.75. The Hall–Kier alpha value is -2.16. The first-order valence-corrected chi connectivity index (χ1v) is 7.73. The van der Waals surface area contributed by atoms with E-state index in [4.69, 9.17) is 15.8 Å². The SMILES string of the molecule is NC(=NN=Cc1ccc(F)c(B(O)O)c1)SCc1ccccc1. The lowest BCUT2D eigenvalue weighted by Gasteiger charge is -2.02.